The van der Waals surface area contributed by atoms with Gasteiger partial charge in [0.1, 0.15) is 11.9 Å². The Morgan fingerprint density at radius 1 is 1.44 bits per heavy atom. The van der Waals surface area contributed by atoms with Gasteiger partial charge in [-0.25, -0.2) is 14.2 Å². The fraction of sp³-hybridized carbons (Fsp3) is 0.316. The molecular formula is C19H17ClFN3O2S. The second kappa shape index (κ2) is 7.05. The number of carbonyl (C=O) groups is 1. The summed E-state index contributed by atoms with van der Waals surface area (Å²) < 4.78 is 18.6. The molecule has 2 aliphatic heterocycles. The van der Waals surface area contributed by atoms with Crippen LogP contribution in [0.1, 0.15) is 30.0 Å². The van der Waals surface area contributed by atoms with Gasteiger partial charge in [-0.1, -0.05) is 24.6 Å². The Labute approximate surface area is 165 Å². The van der Waals surface area contributed by atoms with E-state index in [2.05, 4.69) is 11.9 Å². The van der Waals surface area contributed by atoms with Crippen LogP contribution >= 0.6 is 22.9 Å². The molecule has 5 nitrogen and oxygen atoms in total. The lowest BCUT2D eigenvalue weighted by atomic mass is 9.94. The number of carbonyl (C=O) groups excluding carboxylic acids is 1. The molecule has 2 atom stereocenters. The molecule has 1 aromatic carbocycles. The largest absolute Gasteiger partial charge is 0.466 e. The van der Waals surface area contributed by atoms with Crippen LogP contribution in [0.4, 0.5) is 4.39 Å². The van der Waals surface area contributed by atoms with Crippen LogP contribution in [0, 0.1) is 11.7 Å². The predicted octanol–water partition coefficient (Wildman–Crippen LogP) is 4.21. The number of halogens is 2. The highest BCUT2D eigenvalue weighted by atomic mass is 35.5. The summed E-state index contributed by atoms with van der Waals surface area (Å²) in [5, 5.41) is 2.88. The Balaban J connectivity index is 1.93. The van der Waals surface area contributed by atoms with Gasteiger partial charge in [-0.2, -0.15) is 0 Å². The number of ether oxygens (including phenoxy) is 1. The lowest BCUT2D eigenvalue weighted by molar-refractivity contribution is -0.136. The molecule has 1 fully saturated rings. The zero-order chi connectivity index (χ0) is 19.1. The third-order valence-corrected chi connectivity index (χ3v) is 5.84. The van der Waals surface area contributed by atoms with Gasteiger partial charge in [0.15, 0.2) is 10.8 Å². The van der Waals surface area contributed by atoms with E-state index >= 15 is 0 Å². The highest BCUT2D eigenvalue weighted by Gasteiger charge is 2.41. The SMILES string of the molecule is COC(=O)C1=C2C[C@H](C)CN2C(c2nccs2)=N[C@H]1c1ccc(F)cc1Cl. The fourth-order valence-electron chi connectivity index (χ4n) is 3.60. The van der Waals surface area contributed by atoms with Crippen molar-refractivity contribution in [2.24, 2.45) is 10.9 Å². The van der Waals surface area contributed by atoms with Crippen molar-refractivity contribution in [2.75, 3.05) is 13.7 Å². The minimum Gasteiger partial charge on any atom is -0.466 e. The minimum absolute atomic E-state index is 0.226. The minimum atomic E-state index is -0.666. The summed E-state index contributed by atoms with van der Waals surface area (Å²) in [5.41, 5.74) is 1.90. The molecule has 0 radical (unpaired) electrons. The van der Waals surface area contributed by atoms with Crippen molar-refractivity contribution in [3.05, 3.63) is 62.5 Å². The van der Waals surface area contributed by atoms with Gasteiger partial charge in [-0.05, 0) is 24.5 Å². The van der Waals surface area contributed by atoms with E-state index in [1.807, 2.05) is 10.3 Å². The summed E-state index contributed by atoms with van der Waals surface area (Å²) in [4.78, 5) is 23.9. The normalized spacial score (nSPS) is 21.9. The quantitative estimate of drug-likeness (QED) is 0.718. The number of rotatable bonds is 3. The van der Waals surface area contributed by atoms with Crippen molar-refractivity contribution in [3.63, 3.8) is 0 Å². The monoisotopic (exact) mass is 405 g/mol. The highest BCUT2D eigenvalue weighted by molar-refractivity contribution is 7.11. The van der Waals surface area contributed by atoms with Crippen LogP contribution in [0.2, 0.25) is 5.02 Å². The lowest BCUT2D eigenvalue weighted by Gasteiger charge is -2.31. The van der Waals surface area contributed by atoms with Crippen LogP contribution in [0.5, 0.6) is 0 Å². The third kappa shape index (κ3) is 3.15. The lowest BCUT2D eigenvalue weighted by Crippen LogP contribution is -2.35. The van der Waals surface area contributed by atoms with Crippen molar-refractivity contribution >= 4 is 34.7 Å². The molecule has 8 heteroatoms. The molecule has 0 saturated carbocycles. The zero-order valence-electron chi connectivity index (χ0n) is 14.8. The average molecular weight is 406 g/mol. The van der Waals surface area contributed by atoms with Gasteiger partial charge in [-0.3, -0.25) is 4.99 Å². The highest BCUT2D eigenvalue weighted by Crippen LogP contribution is 2.43. The number of nitrogens with zero attached hydrogens (tertiary/aromatic N) is 3. The predicted molar refractivity (Wildman–Crippen MR) is 102 cm³/mol. The Morgan fingerprint density at radius 2 is 2.26 bits per heavy atom. The van der Waals surface area contributed by atoms with Crippen molar-refractivity contribution in [2.45, 2.75) is 19.4 Å². The van der Waals surface area contributed by atoms with Gasteiger partial charge in [0.05, 0.1) is 12.7 Å². The third-order valence-electron chi connectivity index (χ3n) is 4.74. The number of esters is 1. The molecule has 0 amide bonds. The van der Waals surface area contributed by atoms with Crippen molar-refractivity contribution < 1.29 is 13.9 Å². The Kier molecular flexibility index (Phi) is 4.74. The first kappa shape index (κ1) is 18.1. The molecule has 1 saturated heterocycles. The first-order valence-electron chi connectivity index (χ1n) is 8.51. The Bertz CT molecular complexity index is 958. The molecule has 0 aliphatic carbocycles. The van der Waals surface area contributed by atoms with Crippen LogP contribution < -0.4 is 0 Å². The summed E-state index contributed by atoms with van der Waals surface area (Å²) in [6.07, 6.45) is 2.45. The number of thiazole rings is 1. The number of benzene rings is 1. The summed E-state index contributed by atoms with van der Waals surface area (Å²) >= 11 is 7.79. The maximum absolute atomic E-state index is 13.6. The summed E-state index contributed by atoms with van der Waals surface area (Å²) in [6, 6.07) is 3.46. The molecule has 0 bridgehead atoms. The summed E-state index contributed by atoms with van der Waals surface area (Å²) in [5.74, 6) is 0.179. The van der Waals surface area contributed by atoms with Crippen molar-refractivity contribution in [3.8, 4) is 0 Å². The fourth-order valence-corrected chi connectivity index (χ4v) is 4.51. The number of hydrogen-bond acceptors (Lipinski definition) is 6. The molecule has 0 spiro atoms. The number of hydrogen-bond donors (Lipinski definition) is 0. The molecule has 2 aliphatic rings. The number of fused-ring (bicyclic) bond motifs is 1. The molecule has 1 aromatic heterocycles. The smallest absolute Gasteiger partial charge is 0.338 e. The Hall–Kier alpha value is -2.25. The topological polar surface area (TPSA) is 54.8 Å². The number of allylic oxidation sites excluding steroid dienone is 1. The summed E-state index contributed by atoms with van der Waals surface area (Å²) in [7, 11) is 1.35. The molecule has 4 rings (SSSR count). The van der Waals surface area contributed by atoms with E-state index in [9.17, 15) is 9.18 Å². The molecule has 140 valence electrons. The van der Waals surface area contributed by atoms with Crippen LogP contribution in [-0.2, 0) is 9.53 Å². The molecule has 0 unspecified atom stereocenters. The van der Waals surface area contributed by atoms with Crippen LogP contribution in [0.3, 0.4) is 0 Å². The number of amidine groups is 1. The average Bonchev–Trinajstić information content (AvgIpc) is 3.29. The van der Waals surface area contributed by atoms with E-state index in [0.29, 0.717) is 22.9 Å². The van der Waals surface area contributed by atoms with Gasteiger partial charge in [0.25, 0.3) is 0 Å². The molecule has 3 heterocycles. The standard InChI is InChI=1S/C19H17ClFN3O2S/c1-10-7-14-15(19(25)26-2)16(12-4-3-11(21)8-13(12)20)23-17(24(14)9-10)18-22-5-6-27-18/h3-6,8,10,16H,7,9H2,1-2H3/t10-,16-/m0/s1. The van der Waals surface area contributed by atoms with E-state index in [4.69, 9.17) is 21.3 Å². The van der Waals surface area contributed by atoms with Crippen molar-refractivity contribution in [1.82, 2.24) is 9.88 Å². The van der Waals surface area contributed by atoms with Crippen LogP contribution in [0.15, 0.2) is 46.0 Å². The number of methoxy groups -OCH3 is 1. The first-order valence-corrected chi connectivity index (χ1v) is 9.77. The molecule has 0 N–H and O–H groups in total. The van der Waals surface area contributed by atoms with Gasteiger partial charge in [-0.15, -0.1) is 11.3 Å². The van der Waals surface area contributed by atoms with E-state index in [-0.39, 0.29) is 5.02 Å². The molecule has 2 aromatic rings. The maximum Gasteiger partial charge on any atom is 0.338 e. The van der Waals surface area contributed by atoms with E-state index in [1.165, 1.54) is 30.6 Å². The van der Waals surface area contributed by atoms with E-state index < -0.39 is 17.8 Å². The van der Waals surface area contributed by atoms with E-state index in [0.717, 1.165) is 23.7 Å². The van der Waals surface area contributed by atoms with Crippen LogP contribution in [0.25, 0.3) is 0 Å². The van der Waals surface area contributed by atoms with Gasteiger partial charge < -0.3 is 9.64 Å². The summed E-state index contributed by atoms with van der Waals surface area (Å²) in [6.45, 7) is 2.87. The molecular weight excluding hydrogens is 389 g/mol. The maximum atomic E-state index is 13.6. The Morgan fingerprint density at radius 3 is 2.93 bits per heavy atom. The molecule has 27 heavy (non-hydrogen) atoms. The van der Waals surface area contributed by atoms with Gasteiger partial charge in [0.2, 0.25) is 0 Å². The van der Waals surface area contributed by atoms with E-state index in [1.54, 1.807) is 12.3 Å². The number of aromatic nitrogens is 1. The second-order valence-electron chi connectivity index (χ2n) is 6.63. The van der Waals surface area contributed by atoms with Gasteiger partial charge >= 0.3 is 5.97 Å². The number of aliphatic imine (C=N–C) groups is 1. The van der Waals surface area contributed by atoms with Crippen LogP contribution in [-0.4, -0.2) is 35.3 Å². The first-order chi connectivity index (χ1) is 13.0. The second-order valence-corrected chi connectivity index (χ2v) is 7.93. The van der Waals surface area contributed by atoms with Crippen molar-refractivity contribution in [1.29, 1.82) is 0 Å². The zero-order valence-corrected chi connectivity index (χ0v) is 16.4. The van der Waals surface area contributed by atoms with Gasteiger partial charge in [0, 0.05) is 34.4 Å².